The molecule has 4 heteroatoms. The van der Waals surface area contributed by atoms with E-state index < -0.39 is 0 Å². The predicted octanol–water partition coefficient (Wildman–Crippen LogP) is 3.06. The first-order chi connectivity index (χ1) is 6.78. The van der Waals surface area contributed by atoms with E-state index in [0.29, 0.717) is 0 Å². The number of aryl methyl sites for hydroxylation is 2. The molecule has 0 fully saturated rings. The zero-order chi connectivity index (χ0) is 9.97. The van der Waals surface area contributed by atoms with Gasteiger partial charge in [0.2, 0.25) is 0 Å². The van der Waals surface area contributed by atoms with Crippen molar-refractivity contribution in [1.29, 1.82) is 0 Å². The van der Waals surface area contributed by atoms with Gasteiger partial charge < -0.3 is 0 Å². The van der Waals surface area contributed by atoms with Gasteiger partial charge >= 0.3 is 0 Å². The van der Waals surface area contributed by atoms with Crippen LogP contribution in [0.15, 0.2) is 11.6 Å². The molecule has 74 valence electrons. The molecule has 0 spiro atoms. The topological polar surface area (TPSA) is 25.8 Å². The molecule has 0 aromatic carbocycles. The van der Waals surface area contributed by atoms with Crippen LogP contribution in [0.1, 0.15) is 27.5 Å². The zero-order valence-electron chi connectivity index (χ0n) is 8.28. The molecule has 0 unspecified atom stereocenters. The first-order valence-corrected chi connectivity index (χ1v) is 6.32. The van der Waals surface area contributed by atoms with E-state index in [4.69, 9.17) is 0 Å². The maximum atomic E-state index is 4.43. The van der Waals surface area contributed by atoms with Crippen molar-refractivity contribution in [1.82, 2.24) is 9.97 Å². The van der Waals surface area contributed by atoms with Gasteiger partial charge in [0.15, 0.2) is 0 Å². The van der Waals surface area contributed by atoms with Crippen molar-refractivity contribution in [3.63, 3.8) is 0 Å². The summed E-state index contributed by atoms with van der Waals surface area (Å²) in [7, 11) is 0. The Labute approximate surface area is 91.7 Å². The first-order valence-electron chi connectivity index (χ1n) is 4.62. The minimum Gasteiger partial charge on any atom is -0.249 e. The van der Waals surface area contributed by atoms with Gasteiger partial charge in [-0.25, -0.2) is 9.97 Å². The number of hydrogen-bond donors (Lipinski definition) is 0. The van der Waals surface area contributed by atoms with Gasteiger partial charge in [-0.1, -0.05) is 6.92 Å². The maximum absolute atomic E-state index is 4.43. The molecule has 2 heterocycles. The second-order valence-corrected chi connectivity index (χ2v) is 5.28. The van der Waals surface area contributed by atoms with Crippen LogP contribution in [0, 0.1) is 6.92 Å². The number of aromatic nitrogens is 2. The lowest BCUT2D eigenvalue weighted by atomic mass is 10.4. The molecule has 2 nitrogen and oxygen atoms in total. The van der Waals surface area contributed by atoms with Crippen molar-refractivity contribution in [3.8, 4) is 0 Å². The average Bonchev–Trinajstić information content (AvgIpc) is 2.76. The van der Waals surface area contributed by atoms with Crippen molar-refractivity contribution in [2.75, 3.05) is 0 Å². The van der Waals surface area contributed by atoms with E-state index in [9.17, 15) is 0 Å². The predicted molar refractivity (Wildman–Crippen MR) is 61.1 cm³/mol. The van der Waals surface area contributed by atoms with Crippen LogP contribution in [0.25, 0.3) is 0 Å². The van der Waals surface area contributed by atoms with E-state index in [0.717, 1.165) is 18.5 Å². The van der Waals surface area contributed by atoms with Crippen LogP contribution in [-0.4, -0.2) is 9.97 Å². The summed E-state index contributed by atoms with van der Waals surface area (Å²) >= 11 is 3.51. The Bertz CT molecular complexity index is 417. The Kier molecular flexibility index (Phi) is 2.93. The average molecular weight is 224 g/mol. The fraction of sp³-hybridized carbons (Fsp3) is 0.400. The van der Waals surface area contributed by atoms with Crippen LogP contribution < -0.4 is 0 Å². The molecular weight excluding hydrogens is 212 g/mol. The highest BCUT2D eigenvalue weighted by atomic mass is 32.1. The summed E-state index contributed by atoms with van der Waals surface area (Å²) in [5.74, 6) is 0. The van der Waals surface area contributed by atoms with Crippen LogP contribution in [0.4, 0.5) is 0 Å². The van der Waals surface area contributed by atoms with Gasteiger partial charge in [-0.3, -0.25) is 0 Å². The van der Waals surface area contributed by atoms with E-state index in [2.05, 4.69) is 22.3 Å². The van der Waals surface area contributed by atoms with E-state index in [1.54, 1.807) is 22.7 Å². The second-order valence-electron chi connectivity index (χ2n) is 3.13. The molecule has 0 aliphatic rings. The standard InChI is InChI=1S/C10H12N2S2/c1-3-8-5-11-9(14-8)4-10-12-7(2)6-13-10/h5-6H,3-4H2,1-2H3. The van der Waals surface area contributed by atoms with Crippen LogP contribution in [0.2, 0.25) is 0 Å². The lowest BCUT2D eigenvalue weighted by Crippen LogP contribution is -1.85. The molecule has 0 N–H and O–H groups in total. The summed E-state index contributed by atoms with van der Waals surface area (Å²) in [4.78, 5) is 10.2. The number of nitrogens with zero attached hydrogens (tertiary/aromatic N) is 2. The highest BCUT2D eigenvalue weighted by Gasteiger charge is 2.04. The molecule has 0 radical (unpaired) electrons. The third-order valence-corrected chi connectivity index (χ3v) is 4.03. The largest absolute Gasteiger partial charge is 0.249 e. The van der Waals surface area contributed by atoms with Gasteiger partial charge in [-0.2, -0.15) is 0 Å². The fourth-order valence-corrected chi connectivity index (χ4v) is 2.94. The highest BCUT2D eigenvalue weighted by molar-refractivity contribution is 7.12. The minimum atomic E-state index is 0.892. The molecule has 0 saturated carbocycles. The Morgan fingerprint density at radius 2 is 2.21 bits per heavy atom. The molecule has 2 rings (SSSR count). The van der Waals surface area contributed by atoms with Gasteiger partial charge in [-0.05, 0) is 13.3 Å². The van der Waals surface area contributed by atoms with Crippen LogP contribution in [0.3, 0.4) is 0 Å². The van der Waals surface area contributed by atoms with Gasteiger partial charge in [-0.15, -0.1) is 22.7 Å². The minimum absolute atomic E-state index is 0.892. The van der Waals surface area contributed by atoms with Crippen molar-refractivity contribution in [2.24, 2.45) is 0 Å². The maximum Gasteiger partial charge on any atom is 0.0996 e. The van der Waals surface area contributed by atoms with E-state index in [1.165, 1.54) is 14.9 Å². The molecule has 0 amide bonds. The summed E-state index contributed by atoms with van der Waals surface area (Å²) < 4.78 is 0. The monoisotopic (exact) mass is 224 g/mol. The third-order valence-electron chi connectivity index (χ3n) is 1.92. The highest BCUT2D eigenvalue weighted by Crippen LogP contribution is 2.19. The van der Waals surface area contributed by atoms with Crippen LogP contribution >= 0.6 is 22.7 Å². The third kappa shape index (κ3) is 2.19. The Hall–Kier alpha value is -0.740. The van der Waals surface area contributed by atoms with E-state index in [1.807, 2.05) is 13.1 Å². The Morgan fingerprint density at radius 1 is 1.36 bits per heavy atom. The number of hydrogen-bond acceptors (Lipinski definition) is 4. The summed E-state index contributed by atoms with van der Waals surface area (Å²) in [6.45, 7) is 4.18. The SMILES string of the molecule is CCc1cnc(Cc2nc(C)cs2)s1. The number of rotatable bonds is 3. The lowest BCUT2D eigenvalue weighted by Gasteiger charge is -1.89. The van der Waals surface area contributed by atoms with Crippen molar-refractivity contribution in [3.05, 3.63) is 32.2 Å². The van der Waals surface area contributed by atoms with Gasteiger partial charge in [0.05, 0.1) is 16.4 Å². The van der Waals surface area contributed by atoms with Crippen molar-refractivity contribution >= 4 is 22.7 Å². The molecule has 2 aromatic heterocycles. The molecule has 14 heavy (non-hydrogen) atoms. The van der Waals surface area contributed by atoms with Gasteiger partial charge in [0.25, 0.3) is 0 Å². The first kappa shape index (κ1) is 9.80. The smallest absolute Gasteiger partial charge is 0.0996 e. The summed E-state index contributed by atoms with van der Waals surface area (Å²) in [6.07, 6.45) is 3.94. The van der Waals surface area contributed by atoms with Gasteiger partial charge in [0, 0.05) is 22.1 Å². The molecule has 0 aliphatic carbocycles. The normalized spacial score (nSPS) is 10.7. The molecular formula is C10H12N2S2. The second kappa shape index (κ2) is 4.19. The van der Waals surface area contributed by atoms with E-state index >= 15 is 0 Å². The Balaban J connectivity index is 2.10. The summed E-state index contributed by atoms with van der Waals surface area (Å²) in [5.41, 5.74) is 1.11. The van der Waals surface area contributed by atoms with Crippen molar-refractivity contribution in [2.45, 2.75) is 26.7 Å². The summed E-state index contributed by atoms with van der Waals surface area (Å²) in [6, 6.07) is 0. The molecule has 2 aromatic rings. The molecule has 0 atom stereocenters. The fourth-order valence-electron chi connectivity index (χ4n) is 1.21. The lowest BCUT2D eigenvalue weighted by molar-refractivity contribution is 1.07. The number of thiazole rings is 2. The Morgan fingerprint density at radius 3 is 2.79 bits per heavy atom. The molecule has 0 saturated heterocycles. The molecule has 0 bridgehead atoms. The zero-order valence-corrected chi connectivity index (χ0v) is 9.91. The van der Waals surface area contributed by atoms with Crippen molar-refractivity contribution < 1.29 is 0 Å². The van der Waals surface area contributed by atoms with E-state index in [-0.39, 0.29) is 0 Å². The van der Waals surface area contributed by atoms with Crippen LogP contribution in [0.5, 0.6) is 0 Å². The summed E-state index contributed by atoms with van der Waals surface area (Å²) in [5, 5.41) is 4.43. The quantitative estimate of drug-likeness (QED) is 0.800. The van der Waals surface area contributed by atoms with Gasteiger partial charge in [0.1, 0.15) is 0 Å². The molecule has 0 aliphatic heterocycles. The van der Waals surface area contributed by atoms with Crippen LogP contribution in [-0.2, 0) is 12.8 Å².